The van der Waals surface area contributed by atoms with Crippen LogP contribution in [0.1, 0.15) is 73.0 Å². The molecule has 9 heteroatoms. The third-order valence-electron chi connectivity index (χ3n) is 6.10. The third-order valence-corrected chi connectivity index (χ3v) is 6.10. The van der Waals surface area contributed by atoms with Crippen LogP contribution in [0, 0.1) is 12.3 Å². The number of aromatic nitrogens is 3. The number of esters is 1. The van der Waals surface area contributed by atoms with Gasteiger partial charge in [0.25, 0.3) is 5.56 Å². The molecule has 0 unspecified atom stereocenters. The average molecular weight is 566 g/mol. The number of hydrogen-bond donors (Lipinski definition) is 1. The first-order valence-corrected chi connectivity index (χ1v) is 13.3. The van der Waals surface area contributed by atoms with Crippen LogP contribution in [0.3, 0.4) is 0 Å². The number of ether oxygens (including phenoxy) is 2. The molecule has 0 aliphatic rings. The van der Waals surface area contributed by atoms with E-state index in [0.717, 1.165) is 0 Å². The number of ketones is 1. The minimum Gasteiger partial charge on any atom is -0.447 e. The van der Waals surface area contributed by atoms with E-state index < -0.39 is 18.3 Å². The molecule has 42 heavy (non-hydrogen) atoms. The summed E-state index contributed by atoms with van der Waals surface area (Å²) in [4.78, 5) is 49.6. The maximum Gasteiger partial charge on any atom is 0.308 e. The molecular weight excluding hydrogens is 534 g/mol. The number of oxazole rings is 1. The average Bonchev–Trinajstić information content (AvgIpc) is 3.45. The Kier molecular flexibility index (Phi) is 9.50. The predicted octanol–water partition coefficient (Wildman–Crippen LogP) is 3.63. The van der Waals surface area contributed by atoms with Crippen molar-refractivity contribution in [2.24, 2.45) is 0 Å². The van der Waals surface area contributed by atoms with E-state index in [0.29, 0.717) is 41.0 Å². The van der Waals surface area contributed by atoms with Gasteiger partial charge in [-0.25, -0.2) is 9.97 Å². The lowest BCUT2D eigenvalue weighted by molar-refractivity contribution is -0.150. The minimum atomic E-state index is -0.500. The standard InChI is InChI=1S/C33H31N3O6/c1-5-6-8-16-28(37)41-21-42-32-27(19-25-30(33(2,3)4)40-20-34-25)35-31(39)26(36-32)18-22-12-11-15-24(17-22)29(38)23-13-9-7-10-14-23/h1,7,9-15,17-20H,6,8,16,21H2,2-4H3,(H,35,39). The van der Waals surface area contributed by atoms with Gasteiger partial charge in [-0.05, 0) is 30.2 Å². The van der Waals surface area contributed by atoms with E-state index in [1.54, 1.807) is 60.7 Å². The Labute approximate surface area is 242 Å². The summed E-state index contributed by atoms with van der Waals surface area (Å²) in [5.74, 6) is 2.47. The number of nitrogens with one attached hydrogen (secondary N) is 1. The van der Waals surface area contributed by atoms with Gasteiger partial charge in [0.1, 0.15) is 22.2 Å². The van der Waals surface area contributed by atoms with E-state index in [1.165, 1.54) is 6.39 Å². The second kappa shape index (κ2) is 13.4. The number of benzene rings is 2. The summed E-state index contributed by atoms with van der Waals surface area (Å²) in [7, 11) is 0. The maximum atomic E-state index is 13.1. The second-order valence-corrected chi connectivity index (χ2v) is 10.4. The highest BCUT2D eigenvalue weighted by molar-refractivity contribution is 6.09. The van der Waals surface area contributed by atoms with Crippen LogP contribution in [0.4, 0.5) is 0 Å². The van der Waals surface area contributed by atoms with E-state index in [4.69, 9.17) is 20.3 Å². The topological polar surface area (TPSA) is 124 Å². The molecule has 0 spiro atoms. The molecule has 0 radical (unpaired) electrons. The fourth-order valence-electron chi connectivity index (χ4n) is 4.06. The Morgan fingerprint density at radius 1 is 1.07 bits per heavy atom. The SMILES string of the molecule is C#CCCCC(=O)OCOc1nc(=Cc2cccc(C(=O)c3ccccc3)c2)c(=O)[nH]c1=Cc1ncoc1C(C)(C)C. The Bertz CT molecular complexity index is 1790. The van der Waals surface area contributed by atoms with Crippen LogP contribution in [0.5, 0.6) is 5.88 Å². The molecule has 0 saturated carbocycles. The van der Waals surface area contributed by atoms with Crippen molar-refractivity contribution in [3.8, 4) is 18.2 Å². The Balaban J connectivity index is 1.71. The number of carbonyl (C=O) groups excluding carboxylic acids is 2. The van der Waals surface area contributed by atoms with Crippen molar-refractivity contribution in [2.75, 3.05) is 6.79 Å². The van der Waals surface area contributed by atoms with Gasteiger partial charge in [0.05, 0.1) is 0 Å². The Morgan fingerprint density at radius 3 is 2.57 bits per heavy atom. The number of hydrogen-bond acceptors (Lipinski definition) is 8. The highest BCUT2D eigenvalue weighted by Crippen LogP contribution is 2.25. The van der Waals surface area contributed by atoms with Crippen LogP contribution in [-0.4, -0.2) is 33.5 Å². The van der Waals surface area contributed by atoms with Crippen molar-refractivity contribution in [3.63, 3.8) is 0 Å². The third kappa shape index (κ3) is 7.70. The van der Waals surface area contributed by atoms with Crippen LogP contribution < -0.4 is 21.0 Å². The molecule has 4 rings (SSSR count). The van der Waals surface area contributed by atoms with Crippen molar-refractivity contribution in [1.29, 1.82) is 0 Å². The molecule has 4 aromatic rings. The Morgan fingerprint density at radius 2 is 1.83 bits per heavy atom. The van der Waals surface area contributed by atoms with E-state index >= 15 is 0 Å². The van der Waals surface area contributed by atoms with Gasteiger partial charge in [0.2, 0.25) is 12.7 Å². The molecule has 2 heterocycles. The summed E-state index contributed by atoms with van der Waals surface area (Å²) in [6.07, 6.45) is 10.8. The van der Waals surface area contributed by atoms with Crippen molar-refractivity contribution in [2.45, 2.75) is 45.4 Å². The minimum absolute atomic E-state index is 0.0108. The molecule has 0 amide bonds. The first-order valence-electron chi connectivity index (χ1n) is 13.3. The van der Waals surface area contributed by atoms with Crippen LogP contribution in [0.15, 0.2) is 70.2 Å². The lowest BCUT2D eigenvalue weighted by Gasteiger charge is -2.15. The van der Waals surface area contributed by atoms with E-state index in [2.05, 4.69) is 20.9 Å². The van der Waals surface area contributed by atoms with Crippen molar-refractivity contribution in [1.82, 2.24) is 15.0 Å². The van der Waals surface area contributed by atoms with Crippen LogP contribution in [-0.2, 0) is 14.9 Å². The first-order chi connectivity index (χ1) is 20.2. The lowest BCUT2D eigenvalue weighted by atomic mass is 9.92. The zero-order chi connectivity index (χ0) is 30.1. The summed E-state index contributed by atoms with van der Waals surface area (Å²) in [5, 5.41) is 0.246. The number of rotatable bonds is 10. The molecule has 2 aromatic carbocycles. The predicted molar refractivity (Wildman–Crippen MR) is 157 cm³/mol. The fraction of sp³-hybridized carbons (Fsp3) is 0.242. The van der Waals surface area contributed by atoms with Crippen LogP contribution in [0.2, 0.25) is 0 Å². The number of unbranched alkanes of at least 4 members (excludes halogenated alkanes) is 1. The number of nitrogens with zero attached hydrogens (tertiary/aromatic N) is 2. The smallest absolute Gasteiger partial charge is 0.308 e. The molecular formula is C33H31N3O6. The molecule has 0 aliphatic heterocycles. The molecule has 2 aromatic heterocycles. The highest BCUT2D eigenvalue weighted by Gasteiger charge is 2.22. The van der Waals surface area contributed by atoms with Gasteiger partial charge in [-0.3, -0.25) is 14.4 Å². The lowest BCUT2D eigenvalue weighted by Crippen LogP contribution is -2.38. The number of terminal acetylenes is 1. The molecule has 0 fully saturated rings. The van der Waals surface area contributed by atoms with Gasteiger partial charge < -0.3 is 18.9 Å². The van der Waals surface area contributed by atoms with Gasteiger partial charge in [-0.1, -0.05) is 69.3 Å². The van der Waals surface area contributed by atoms with Crippen LogP contribution >= 0.6 is 0 Å². The van der Waals surface area contributed by atoms with Crippen molar-refractivity contribution < 1.29 is 23.5 Å². The summed E-state index contributed by atoms with van der Waals surface area (Å²) in [5.41, 5.74) is 1.23. The molecule has 0 atom stereocenters. The molecule has 214 valence electrons. The monoisotopic (exact) mass is 565 g/mol. The van der Waals surface area contributed by atoms with Gasteiger partial charge in [0.15, 0.2) is 12.2 Å². The Hall–Kier alpha value is -5.23. The largest absolute Gasteiger partial charge is 0.447 e. The fourth-order valence-corrected chi connectivity index (χ4v) is 4.06. The van der Waals surface area contributed by atoms with Crippen LogP contribution in [0.25, 0.3) is 12.2 Å². The zero-order valence-corrected chi connectivity index (χ0v) is 23.7. The van der Waals surface area contributed by atoms with Gasteiger partial charge in [-0.2, -0.15) is 0 Å². The summed E-state index contributed by atoms with van der Waals surface area (Å²) in [6, 6.07) is 15.8. The maximum absolute atomic E-state index is 13.1. The normalized spacial score (nSPS) is 12.1. The van der Waals surface area contributed by atoms with Crippen molar-refractivity contribution >= 4 is 23.9 Å². The number of aromatic amines is 1. The van der Waals surface area contributed by atoms with Gasteiger partial charge >= 0.3 is 5.97 Å². The summed E-state index contributed by atoms with van der Waals surface area (Å²) < 4.78 is 16.5. The highest BCUT2D eigenvalue weighted by atomic mass is 16.7. The molecule has 0 aliphatic carbocycles. The number of H-pyrrole nitrogens is 1. The quantitative estimate of drug-likeness (QED) is 0.102. The zero-order valence-electron chi connectivity index (χ0n) is 23.7. The van der Waals surface area contributed by atoms with E-state index in [1.807, 2.05) is 26.8 Å². The second-order valence-electron chi connectivity index (χ2n) is 10.4. The van der Waals surface area contributed by atoms with E-state index in [-0.39, 0.29) is 34.2 Å². The molecule has 0 bridgehead atoms. The summed E-state index contributed by atoms with van der Waals surface area (Å²) >= 11 is 0. The van der Waals surface area contributed by atoms with Gasteiger partial charge in [-0.15, -0.1) is 12.3 Å². The molecule has 9 nitrogen and oxygen atoms in total. The molecule has 1 N–H and O–H groups in total. The van der Waals surface area contributed by atoms with Gasteiger partial charge in [0, 0.05) is 29.4 Å². The summed E-state index contributed by atoms with van der Waals surface area (Å²) in [6.45, 7) is 5.48. The van der Waals surface area contributed by atoms with E-state index in [9.17, 15) is 14.4 Å². The molecule has 0 saturated heterocycles. The number of carbonyl (C=O) groups is 2. The van der Waals surface area contributed by atoms with Crippen molar-refractivity contribution in [3.05, 3.63) is 110 Å². The first kappa shape index (κ1) is 29.7.